The molecule has 1 aromatic heterocycles. The molecule has 0 fully saturated rings. The van der Waals surface area contributed by atoms with E-state index < -0.39 is 6.16 Å². The summed E-state index contributed by atoms with van der Waals surface area (Å²) in [4.78, 5) is 20.8. The summed E-state index contributed by atoms with van der Waals surface area (Å²) in [6.45, 7) is 7.54. The zero-order valence-corrected chi connectivity index (χ0v) is 15.2. The van der Waals surface area contributed by atoms with Gasteiger partial charge in [-0.15, -0.1) is 0 Å². The lowest BCUT2D eigenvalue weighted by Crippen LogP contribution is -2.18. The quantitative estimate of drug-likeness (QED) is 0.728. The summed E-state index contributed by atoms with van der Waals surface area (Å²) in [5.74, 6) is 0.640. The second kappa shape index (κ2) is 9.01. The van der Waals surface area contributed by atoms with Crippen molar-refractivity contribution < 1.29 is 14.3 Å². The minimum absolute atomic E-state index is 0.253. The number of unbranched alkanes of at least 4 members (excludes halogenated alkanes) is 1. The van der Waals surface area contributed by atoms with Crippen LogP contribution in [0.4, 0.5) is 16.4 Å². The first-order valence-electron chi connectivity index (χ1n) is 8.57. The number of ether oxygens (including phenoxy) is 2. The molecule has 2 rings (SSSR count). The number of benzene rings is 1. The summed E-state index contributed by atoms with van der Waals surface area (Å²) in [7, 11) is 0. The molecule has 1 heterocycles. The summed E-state index contributed by atoms with van der Waals surface area (Å²) in [5.41, 5.74) is 2.48. The number of nitrogens with one attached hydrogen (secondary N) is 1. The summed E-state index contributed by atoms with van der Waals surface area (Å²) in [6.07, 6.45) is 1.73. The second-order valence-electron chi connectivity index (χ2n) is 6.03. The largest absolute Gasteiger partial charge is 0.515 e. The van der Waals surface area contributed by atoms with Gasteiger partial charge in [0.25, 0.3) is 0 Å². The lowest BCUT2D eigenvalue weighted by atomic mass is 10.1. The Labute approximate surface area is 148 Å². The summed E-state index contributed by atoms with van der Waals surface area (Å²) >= 11 is 0. The molecule has 0 saturated heterocycles. The van der Waals surface area contributed by atoms with Crippen molar-refractivity contribution in [3.63, 3.8) is 0 Å². The molecule has 0 aliphatic heterocycles. The number of aryl methyl sites for hydroxylation is 1. The topological polar surface area (TPSA) is 73.3 Å². The average molecular weight is 343 g/mol. The van der Waals surface area contributed by atoms with Crippen LogP contribution in [-0.4, -0.2) is 22.2 Å². The zero-order valence-electron chi connectivity index (χ0n) is 15.2. The van der Waals surface area contributed by atoms with Gasteiger partial charge in [-0.3, -0.25) is 0 Å². The van der Waals surface area contributed by atoms with Crippen molar-refractivity contribution in [3.8, 4) is 5.88 Å². The van der Waals surface area contributed by atoms with E-state index in [1.165, 1.54) is 0 Å². The smallest absolute Gasteiger partial charge is 0.431 e. The lowest BCUT2D eigenvalue weighted by molar-refractivity contribution is 0.0712. The number of anilines is 2. The molecule has 0 bridgehead atoms. The molecule has 2 aromatic rings. The highest BCUT2D eigenvalue weighted by molar-refractivity contribution is 5.64. The van der Waals surface area contributed by atoms with E-state index in [1.807, 2.05) is 37.3 Å². The van der Waals surface area contributed by atoms with Crippen LogP contribution in [0, 0.1) is 6.92 Å². The van der Waals surface area contributed by atoms with Gasteiger partial charge in [-0.25, -0.2) is 9.78 Å². The Morgan fingerprint density at radius 3 is 2.56 bits per heavy atom. The van der Waals surface area contributed by atoms with Crippen LogP contribution in [0.5, 0.6) is 5.88 Å². The third kappa shape index (κ3) is 5.74. The molecule has 0 atom stereocenters. The number of carbonyl (C=O) groups is 1. The average Bonchev–Trinajstić information content (AvgIpc) is 2.54. The SMILES string of the molecule is CCCCc1c(C)nc(Nc2ccccc2)nc1OC(=O)OC(C)C. The van der Waals surface area contributed by atoms with E-state index in [2.05, 4.69) is 22.2 Å². The Bertz CT molecular complexity index is 703. The molecule has 0 spiro atoms. The van der Waals surface area contributed by atoms with E-state index in [4.69, 9.17) is 9.47 Å². The molecule has 1 aromatic carbocycles. The first kappa shape index (κ1) is 18.7. The maximum absolute atomic E-state index is 11.9. The van der Waals surface area contributed by atoms with Crippen LogP contribution >= 0.6 is 0 Å². The van der Waals surface area contributed by atoms with E-state index in [0.29, 0.717) is 5.95 Å². The van der Waals surface area contributed by atoms with Crippen LogP contribution in [0.2, 0.25) is 0 Å². The second-order valence-corrected chi connectivity index (χ2v) is 6.03. The van der Waals surface area contributed by atoms with Crippen molar-refractivity contribution in [2.45, 2.75) is 53.1 Å². The number of para-hydroxylation sites is 1. The molecule has 0 amide bonds. The van der Waals surface area contributed by atoms with E-state index >= 15 is 0 Å². The minimum atomic E-state index is -0.753. The van der Waals surface area contributed by atoms with E-state index in [0.717, 1.165) is 36.2 Å². The zero-order chi connectivity index (χ0) is 18.2. The molecule has 0 saturated carbocycles. The molecule has 134 valence electrons. The maximum Gasteiger partial charge on any atom is 0.515 e. The van der Waals surface area contributed by atoms with Gasteiger partial charge in [-0.2, -0.15) is 4.98 Å². The molecule has 0 aliphatic rings. The van der Waals surface area contributed by atoms with E-state index in [9.17, 15) is 4.79 Å². The maximum atomic E-state index is 11.9. The third-order valence-electron chi connectivity index (χ3n) is 3.50. The van der Waals surface area contributed by atoms with Gasteiger partial charge in [-0.05, 0) is 45.7 Å². The fraction of sp³-hybridized carbons (Fsp3) is 0.421. The molecule has 0 radical (unpaired) electrons. The van der Waals surface area contributed by atoms with Crippen LogP contribution in [0.15, 0.2) is 30.3 Å². The van der Waals surface area contributed by atoms with Crippen LogP contribution in [0.1, 0.15) is 44.9 Å². The number of rotatable bonds is 7. The molecule has 0 unspecified atom stereocenters. The standard InChI is InChI=1S/C19H25N3O3/c1-5-6-12-16-14(4)20-18(21-15-10-8-7-9-11-15)22-17(16)25-19(23)24-13(2)3/h7-11,13H,5-6,12H2,1-4H3,(H,20,21,22). The molecule has 6 heteroatoms. The monoisotopic (exact) mass is 343 g/mol. The fourth-order valence-electron chi connectivity index (χ4n) is 2.30. The molecule has 1 N–H and O–H groups in total. The summed E-state index contributed by atoms with van der Waals surface area (Å²) in [6, 6.07) is 9.60. The highest BCUT2D eigenvalue weighted by Gasteiger charge is 2.18. The first-order chi connectivity index (χ1) is 12.0. The van der Waals surface area contributed by atoms with Gasteiger partial charge < -0.3 is 14.8 Å². The number of aromatic nitrogens is 2. The molecular formula is C19H25N3O3. The Kier molecular flexibility index (Phi) is 6.74. The van der Waals surface area contributed by atoms with Crippen molar-refractivity contribution in [2.75, 3.05) is 5.32 Å². The normalized spacial score (nSPS) is 10.6. The number of nitrogens with zero attached hydrogens (tertiary/aromatic N) is 2. The van der Waals surface area contributed by atoms with E-state index in [-0.39, 0.29) is 12.0 Å². The molecule has 25 heavy (non-hydrogen) atoms. The Balaban J connectivity index is 2.29. The predicted molar refractivity (Wildman–Crippen MR) is 97.4 cm³/mol. The van der Waals surface area contributed by atoms with E-state index in [1.54, 1.807) is 13.8 Å². The first-order valence-corrected chi connectivity index (χ1v) is 8.57. The highest BCUT2D eigenvalue weighted by Crippen LogP contribution is 2.25. The van der Waals surface area contributed by atoms with Gasteiger partial charge in [0, 0.05) is 16.9 Å². The molecule has 0 aliphatic carbocycles. The highest BCUT2D eigenvalue weighted by atomic mass is 16.7. The van der Waals surface area contributed by atoms with Gasteiger partial charge in [0.05, 0.1) is 6.10 Å². The van der Waals surface area contributed by atoms with Crippen LogP contribution < -0.4 is 10.1 Å². The Morgan fingerprint density at radius 1 is 1.20 bits per heavy atom. The van der Waals surface area contributed by atoms with Crippen molar-refractivity contribution in [1.29, 1.82) is 0 Å². The fourth-order valence-corrected chi connectivity index (χ4v) is 2.30. The lowest BCUT2D eigenvalue weighted by Gasteiger charge is -2.14. The number of hydrogen-bond donors (Lipinski definition) is 1. The molecular weight excluding hydrogens is 318 g/mol. The van der Waals surface area contributed by atoms with Gasteiger partial charge in [0.15, 0.2) is 0 Å². The van der Waals surface area contributed by atoms with Gasteiger partial charge in [0.2, 0.25) is 11.8 Å². The number of carbonyl (C=O) groups excluding carboxylic acids is 1. The van der Waals surface area contributed by atoms with Gasteiger partial charge in [0.1, 0.15) is 0 Å². The minimum Gasteiger partial charge on any atom is -0.431 e. The molecule has 6 nitrogen and oxygen atoms in total. The Morgan fingerprint density at radius 2 is 1.92 bits per heavy atom. The predicted octanol–water partition coefficient (Wildman–Crippen LogP) is 4.80. The number of hydrogen-bond acceptors (Lipinski definition) is 6. The van der Waals surface area contributed by atoms with Gasteiger partial charge >= 0.3 is 6.16 Å². The third-order valence-corrected chi connectivity index (χ3v) is 3.50. The van der Waals surface area contributed by atoms with Crippen LogP contribution in [-0.2, 0) is 11.2 Å². The van der Waals surface area contributed by atoms with Crippen LogP contribution in [0.3, 0.4) is 0 Å². The summed E-state index contributed by atoms with van der Waals surface area (Å²) < 4.78 is 10.4. The summed E-state index contributed by atoms with van der Waals surface area (Å²) in [5, 5.41) is 3.13. The van der Waals surface area contributed by atoms with Crippen LogP contribution in [0.25, 0.3) is 0 Å². The van der Waals surface area contributed by atoms with Crippen molar-refractivity contribution >= 4 is 17.8 Å². The van der Waals surface area contributed by atoms with Crippen molar-refractivity contribution in [2.24, 2.45) is 0 Å². The van der Waals surface area contributed by atoms with Gasteiger partial charge in [-0.1, -0.05) is 31.5 Å². The van der Waals surface area contributed by atoms with Crippen molar-refractivity contribution in [1.82, 2.24) is 9.97 Å². The Hall–Kier alpha value is -2.63. The van der Waals surface area contributed by atoms with Crippen molar-refractivity contribution in [3.05, 3.63) is 41.6 Å².